The molecule has 7 heteroatoms. The maximum absolute atomic E-state index is 12.9. The molecule has 0 aliphatic heterocycles. The molecule has 0 atom stereocenters. The van der Waals surface area contributed by atoms with Crippen LogP contribution in [0.2, 0.25) is 0 Å². The second-order valence-electron chi connectivity index (χ2n) is 5.28. The van der Waals surface area contributed by atoms with Gasteiger partial charge in [-0.15, -0.1) is 24.0 Å². The summed E-state index contributed by atoms with van der Waals surface area (Å²) >= 11 is 0. The van der Waals surface area contributed by atoms with Crippen LogP contribution in [0.15, 0.2) is 41.5 Å². The lowest BCUT2D eigenvalue weighted by Gasteiger charge is -2.13. The molecule has 126 valence electrons. The highest BCUT2D eigenvalue weighted by Gasteiger charge is 2.03. The van der Waals surface area contributed by atoms with Crippen molar-refractivity contribution in [1.82, 2.24) is 20.4 Å². The van der Waals surface area contributed by atoms with Crippen molar-refractivity contribution in [3.05, 3.63) is 48.0 Å². The second-order valence-corrected chi connectivity index (χ2v) is 5.28. The van der Waals surface area contributed by atoms with Crippen molar-refractivity contribution in [2.45, 2.75) is 26.3 Å². The topological polar surface area (TPSA) is 54.2 Å². The molecule has 0 saturated carbocycles. The van der Waals surface area contributed by atoms with Gasteiger partial charge in [0, 0.05) is 32.3 Å². The van der Waals surface area contributed by atoms with Crippen LogP contribution in [-0.4, -0.2) is 35.4 Å². The Labute approximate surface area is 153 Å². The van der Waals surface area contributed by atoms with E-state index in [0.29, 0.717) is 6.04 Å². The predicted molar refractivity (Wildman–Crippen MR) is 102 cm³/mol. The molecule has 0 bridgehead atoms. The molecule has 1 heterocycles. The first-order chi connectivity index (χ1) is 10.6. The molecule has 5 nitrogen and oxygen atoms in total. The monoisotopic (exact) mass is 431 g/mol. The number of rotatable bonds is 5. The molecule has 2 N–H and O–H groups in total. The lowest BCUT2D eigenvalue weighted by molar-refractivity contribution is 0.627. The van der Waals surface area contributed by atoms with Crippen LogP contribution in [-0.2, 0) is 6.42 Å². The molecule has 2 rings (SSSR count). The molecule has 0 fully saturated rings. The van der Waals surface area contributed by atoms with Gasteiger partial charge in [-0.05, 0) is 44.2 Å². The van der Waals surface area contributed by atoms with Gasteiger partial charge in [0.05, 0.1) is 11.4 Å². The van der Waals surface area contributed by atoms with Crippen LogP contribution in [0.5, 0.6) is 0 Å². The largest absolute Gasteiger partial charge is 0.356 e. The molecular weight excluding hydrogens is 408 g/mol. The Kier molecular flexibility index (Phi) is 8.01. The molecule has 0 saturated heterocycles. The fraction of sp³-hybridized carbons (Fsp3) is 0.375. The number of benzene rings is 1. The van der Waals surface area contributed by atoms with E-state index in [1.165, 1.54) is 12.1 Å². The van der Waals surface area contributed by atoms with Crippen LogP contribution in [0, 0.1) is 5.82 Å². The summed E-state index contributed by atoms with van der Waals surface area (Å²) in [4.78, 5) is 4.15. The van der Waals surface area contributed by atoms with E-state index in [2.05, 4.69) is 34.6 Å². The Hall–Kier alpha value is -1.64. The molecule has 0 radical (unpaired) electrons. The summed E-state index contributed by atoms with van der Waals surface area (Å²) in [6.45, 7) is 4.88. The summed E-state index contributed by atoms with van der Waals surface area (Å²) < 4.78 is 14.7. The molecule has 0 aliphatic rings. The van der Waals surface area contributed by atoms with Crippen molar-refractivity contribution in [1.29, 1.82) is 0 Å². The highest BCUT2D eigenvalue weighted by atomic mass is 127. The van der Waals surface area contributed by atoms with Gasteiger partial charge in [-0.3, -0.25) is 4.99 Å². The SMILES string of the molecule is CN=C(NCCc1ccn(-c2ccc(F)cc2)n1)NC(C)C.I. The van der Waals surface area contributed by atoms with E-state index >= 15 is 0 Å². The Balaban J connectivity index is 0.00000264. The molecular formula is C16H23FIN5. The van der Waals surface area contributed by atoms with Crippen molar-refractivity contribution in [2.75, 3.05) is 13.6 Å². The Morgan fingerprint density at radius 1 is 1.26 bits per heavy atom. The molecule has 0 amide bonds. The van der Waals surface area contributed by atoms with Gasteiger partial charge in [-0.1, -0.05) is 0 Å². The van der Waals surface area contributed by atoms with Gasteiger partial charge in [-0.25, -0.2) is 9.07 Å². The zero-order valence-corrected chi connectivity index (χ0v) is 15.9. The summed E-state index contributed by atoms with van der Waals surface area (Å²) in [5.74, 6) is 0.539. The average molecular weight is 431 g/mol. The van der Waals surface area contributed by atoms with E-state index in [1.807, 2.05) is 12.3 Å². The van der Waals surface area contributed by atoms with Crippen LogP contribution >= 0.6 is 24.0 Å². The van der Waals surface area contributed by atoms with Crippen LogP contribution < -0.4 is 10.6 Å². The fourth-order valence-corrected chi connectivity index (χ4v) is 2.01. The van der Waals surface area contributed by atoms with E-state index < -0.39 is 0 Å². The minimum Gasteiger partial charge on any atom is -0.356 e. The van der Waals surface area contributed by atoms with E-state index in [0.717, 1.165) is 30.3 Å². The van der Waals surface area contributed by atoms with Crippen molar-refractivity contribution in [3.8, 4) is 5.69 Å². The smallest absolute Gasteiger partial charge is 0.191 e. The quantitative estimate of drug-likeness (QED) is 0.435. The molecule has 0 aliphatic carbocycles. The van der Waals surface area contributed by atoms with Gasteiger partial charge in [0.15, 0.2) is 5.96 Å². The highest BCUT2D eigenvalue weighted by Crippen LogP contribution is 2.09. The number of aliphatic imine (C=N–C) groups is 1. The van der Waals surface area contributed by atoms with E-state index in [1.54, 1.807) is 23.9 Å². The average Bonchev–Trinajstić information content (AvgIpc) is 2.95. The minimum absolute atomic E-state index is 0. The van der Waals surface area contributed by atoms with Gasteiger partial charge in [0.1, 0.15) is 5.82 Å². The first-order valence-corrected chi connectivity index (χ1v) is 7.36. The highest BCUT2D eigenvalue weighted by molar-refractivity contribution is 14.0. The van der Waals surface area contributed by atoms with Gasteiger partial charge >= 0.3 is 0 Å². The number of guanidine groups is 1. The third-order valence-electron chi connectivity index (χ3n) is 3.06. The van der Waals surface area contributed by atoms with E-state index in [9.17, 15) is 4.39 Å². The Morgan fingerprint density at radius 3 is 2.57 bits per heavy atom. The lowest BCUT2D eigenvalue weighted by Crippen LogP contribution is -2.41. The summed E-state index contributed by atoms with van der Waals surface area (Å²) in [5.41, 5.74) is 1.81. The van der Waals surface area contributed by atoms with E-state index in [-0.39, 0.29) is 29.8 Å². The molecule has 1 aromatic carbocycles. The number of hydrogen-bond acceptors (Lipinski definition) is 2. The summed E-state index contributed by atoms with van der Waals surface area (Å²) in [5, 5.41) is 11.0. The van der Waals surface area contributed by atoms with E-state index in [4.69, 9.17) is 0 Å². The molecule has 23 heavy (non-hydrogen) atoms. The van der Waals surface area contributed by atoms with Gasteiger partial charge in [0.2, 0.25) is 0 Å². The van der Waals surface area contributed by atoms with Gasteiger partial charge < -0.3 is 10.6 Å². The molecule has 0 unspecified atom stereocenters. The van der Waals surface area contributed by atoms with Crippen LogP contribution in [0.1, 0.15) is 19.5 Å². The number of aromatic nitrogens is 2. The maximum Gasteiger partial charge on any atom is 0.191 e. The third-order valence-corrected chi connectivity index (χ3v) is 3.06. The minimum atomic E-state index is -0.246. The zero-order valence-electron chi connectivity index (χ0n) is 13.6. The van der Waals surface area contributed by atoms with Crippen molar-refractivity contribution in [2.24, 2.45) is 4.99 Å². The first-order valence-electron chi connectivity index (χ1n) is 7.36. The van der Waals surface area contributed by atoms with Crippen LogP contribution in [0.3, 0.4) is 0 Å². The van der Waals surface area contributed by atoms with Crippen molar-refractivity contribution < 1.29 is 4.39 Å². The molecule has 0 spiro atoms. The predicted octanol–water partition coefficient (Wildman–Crippen LogP) is 2.75. The lowest BCUT2D eigenvalue weighted by atomic mass is 10.3. The fourth-order valence-electron chi connectivity index (χ4n) is 2.01. The second kappa shape index (κ2) is 9.49. The third kappa shape index (κ3) is 6.17. The number of nitrogens with zero attached hydrogens (tertiary/aromatic N) is 3. The number of halogens is 2. The van der Waals surface area contributed by atoms with Crippen LogP contribution in [0.4, 0.5) is 4.39 Å². The maximum atomic E-state index is 12.9. The van der Waals surface area contributed by atoms with Gasteiger partial charge in [-0.2, -0.15) is 5.10 Å². The zero-order chi connectivity index (χ0) is 15.9. The van der Waals surface area contributed by atoms with Gasteiger partial charge in [0.25, 0.3) is 0 Å². The molecule has 1 aromatic heterocycles. The summed E-state index contributed by atoms with van der Waals surface area (Å²) in [7, 11) is 1.75. The summed E-state index contributed by atoms with van der Waals surface area (Å²) in [6.07, 6.45) is 2.66. The van der Waals surface area contributed by atoms with Crippen molar-refractivity contribution in [3.63, 3.8) is 0 Å². The number of hydrogen-bond donors (Lipinski definition) is 2. The normalized spacial score (nSPS) is 11.3. The summed E-state index contributed by atoms with van der Waals surface area (Å²) in [6, 6.07) is 8.57. The molecule has 2 aromatic rings. The standard InChI is InChI=1S/C16H22FN5.HI/c1-12(2)20-16(18-3)19-10-8-14-9-11-22(21-14)15-6-4-13(17)5-7-15;/h4-7,9,11-12H,8,10H2,1-3H3,(H2,18,19,20);1H. The first kappa shape index (κ1) is 19.4. The Morgan fingerprint density at radius 2 is 1.96 bits per heavy atom. The Bertz CT molecular complexity index is 622. The van der Waals surface area contributed by atoms with Crippen LogP contribution in [0.25, 0.3) is 5.69 Å². The number of nitrogens with one attached hydrogen (secondary N) is 2. The van der Waals surface area contributed by atoms with Crippen molar-refractivity contribution >= 4 is 29.9 Å².